The summed E-state index contributed by atoms with van der Waals surface area (Å²) in [4.78, 5) is 0. The Labute approximate surface area is 96.3 Å². The third-order valence-corrected chi connectivity index (χ3v) is 2.52. The maximum absolute atomic E-state index is 5.43. The van der Waals surface area contributed by atoms with Crippen LogP contribution in [0.25, 0.3) is 10.8 Å². The second kappa shape index (κ2) is 5.34. The van der Waals surface area contributed by atoms with Crippen LogP contribution in [0.5, 0.6) is 0 Å². The van der Waals surface area contributed by atoms with Gasteiger partial charge in [0.2, 0.25) is 0 Å². The number of nitrogens with two attached hydrogens (primary N) is 1. The van der Waals surface area contributed by atoms with E-state index in [0.717, 1.165) is 18.4 Å². The SMILES string of the molecule is NCCCC#Cc1cccc2ccccc12. The van der Waals surface area contributed by atoms with Crippen LogP contribution in [0.4, 0.5) is 0 Å². The van der Waals surface area contributed by atoms with Crippen LogP contribution in [0.2, 0.25) is 0 Å². The Kier molecular flexibility index (Phi) is 3.58. The van der Waals surface area contributed by atoms with Crippen LogP contribution in [0.1, 0.15) is 18.4 Å². The molecular weight excluding hydrogens is 194 g/mol. The molecule has 0 amide bonds. The molecule has 80 valence electrons. The highest BCUT2D eigenvalue weighted by Gasteiger charge is 1.95. The van der Waals surface area contributed by atoms with Crippen molar-refractivity contribution in [2.24, 2.45) is 5.73 Å². The van der Waals surface area contributed by atoms with Crippen molar-refractivity contribution in [2.45, 2.75) is 12.8 Å². The zero-order chi connectivity index (χ0) is 11.2. The van der Waals surface area contributed by atoms with Gasteiger partial charge in [-0.15, -0.1) is 0 Å². The second-order valence-electron chi connectivity index (χ2n) is 3.72. The van der Waals surface area contributed by atoms with Gasteiger partial charge in [0.05, 0.1) is 0 Å². The molecule has 0 aliphatic rings. The Hall–Kier alpha value is -1.78. The molecular formula is C15H15N. The van der Waals surface area contributed by atoms with E-state index in [0.29, 0.717) is 6.54 Å². The average molecular weight is 209 g/mol. The molecule has 0 bridgehead atoms. The summed E-state index contributed by atoms with van der Waals surface area (Å²) >= 11 is 0. The molecule has 0 saturated heterocycles. The van der Waals surface area contributed by atoms with E-state index in [1.54, 1.807) is 0 Å². The minimum absolute atomic E-state index is 0.713. The van der Waals surface area contributed by atoms with Crippen molar-refractivity contribution >= 4 is 10.8 Å². The molecule has 2 aromatic rings. The first kappa shape index (κ1) is 10.7. The summed E-state index contributed by atoms with van der Waals surface area (Å²) in [5.41, 5.74) is 6.54. The molecule has 0 heterocycles. The van der Waals surface area contributed by atoms with Crippen molar-refractivity contribution in [3.05, 3.63) is 48.0 Å². The van der Waals surface area contributed by atoms with Gasteiger partial charge >= 0.3 is 0 Å². The third-order valence-electron chi connectivity index (χ3n) is 2.52. The number of fused-ring (bicyclic) bond motifs is 1. The van der Waals surface area contributed by atoms with Crippen molar-refractivity contribution in [1.82, 2.24) is 0 Å². The molecule has 0 radical (unpaired) electrons. The van der Waals surface area contributed by atoms with Gasteiger partial charge in [0, 0.05) is 12.0 Å². The summed E-state index contributed by atoms with van der Waals surface area (Å²) in [7, 11) is 0. The molecule has 16 heavy (non-hydrogen) atoms. The summed E-state index contributed by atoms with van der Waals surface area (Å²) in [6, 6.07) is 14.6. The fourth-order valence-corrected chi connectivity index (χ4v) is 1.68. The lowest BCUT2D eigenvalue weighted by atomic mass is 10.0. The Morgan fingerprint density at radius 1 is 1.00 bits per heavy atom. The van der Waals surface area contributed by atoms with Crippen molar-refractivity contribution in [2.75, 3.05) is 6.54 Å². The summed E-state index contributed by atoms with van der Waals surface area (Å²) in [5.74, 6) is 6.38. The Morgan fingerprint density at radius 2 is 1.81 bits per heavy atom. The monoisotopic (exact) mass is 209 g/mol. The topological polar surface area (TPSA) is 26.0 Å². The summed E-state index contributed by atoms with van der Waals surface area (Å²) < 4.78 is 0. The van der Waals surface area contributed by atoms with E-state index in [-0.39, 0.29) is 0 Å². The number of rotatable bonds is 2. The van der Waals surface area contributed by atoms with Gasteiger partial charge < -0.3 is 5.73 Å². The molecule has 0 spiro atoms. The summed E-state index contributed by atoms with van der Waals surface area (Å²) in [5, 5.41) is 2.47. The Bertz CT molecular complexity index is 526. The standard InChI is InChI=1S/C15H15N/c16-12-5-1-2-7-13-9-6-10-14-8-3-4-11-15(13)14/h3-4,6,8-11H,1,5,12,16H2. The highest BCUT2D eigenvalue weighted by molar-refractivity contribution is 5.88. The third kappa shape index (κ3) is 2.42. The van der Waals surface area contributed by atoms with Crippen LogP contribution >= 0.6 is 0 Å². The van der Waals surface area contributed by atoms with Crippen molar-refractivity contribution in [1.29, 1.82) is 0 Å². The molecule has 2 N–H and O–H groups in total. The predicted octanol–water partition coefficient (Wildman–Crippen LogP) is 2.93. The maximum Gasteiger partial charge on any atom is 0.0323 e. The average Bonchev–Trinajstić information content (AvgIpc) is 2.35. The van der Waals surface area contributed by atoms with Gasteiger partial charge in [-0.05, 0) is 29.8 Å². The first-order valence-electron chi connectivity index (χ1n) is 5.58. The molecule has 0 aromatic heterocycles. The second-order valence-corrected chi connectivity index (χ2v) is 3.72. The van der Waals surface area contributed by atoms with Gasteiger partial charge in [0.15, 0.2) is 0 Å². The van der Waals surface area contributed by atoms with Crippen molar-refractivity contribution < 1.29 is 0 Å². The van der Waals surface area contributed by atoms with Crippen molar-refractivity contribution in [3.63, 3.8) is 0 Å². The largest absolute Gasteiger partial charge is 0.330 e. The molecule has 0 fully saturated rings. The van der Waals surface area contributed by atoms with Crippen LogP contribution in [-0.4, -0.2) is 6.54 Å². The summed E-state index contributed by atoms with van der Waals surface area (Å²) in [6.45, 7) is 0.713. The zero-order valence-corrected chi connectivity index (χ0v) is 9.24. The highest BCUT2D eigenvalue weighted by atomic mass is 14.5. The minimum atomic E-state index is 0.713. The first-order chi connectivity index (χ1) is 7.92. The molecule has 2 rings (SSSR count). The molecule has 1 heteroatoms. The van der Waals surface area contributed by atoms with E-state index in [1.807, 2.05) is 12.1 Å². The summed E-state index contributed by atoms with van der Waals surface area (Å²) in [6.07, 6.45) is 1.84. The lowest BCUT2D eigenvalue weighted by Gasteiger charge is -1.99. The van der Waals surface area contributed by atoms with E-state index in [1.165, 1.54) is 10.8 Å². The van der Waals surface area contributed by atoms with Gasteiger partial charge in [0.25, 0.3) is 0 Å². The van der Waals surface area contributed by atoms with E-state index in [9.17, 15) is 0 Å². The van der Waals surface area contributed by atoms with Crippen molar-refractivity contribution in [3.8, 4) is 11.8 Å². The van der Waals surface area contributed by atoms with Gasteiger partial charge in [-0.1, -0.05) is 48.2 Å². The van der Waals surface area contributed by atoms with Crippen LogP contribution in [0, 0.1) is 11.8 Å². The van der Waals surface area contributed by atoms with Crippen LogP contribution in [-0.2, 0) is 0 Å². The van der Waals surface area contributed by atoms with Gasteiger partial charge in [-0.25, -0.2) is 0 Å². The van der Waals surface area contributed by atoms with E-state index < -0.39 is 0 Å². The molecule has 2 aromatic carbocycles. The lowest BCUT2D eigenvalue weighted by Crippen LogP contribution is -1.96. The predicted molar refractivity (Wildman–Crippen MR) is 69.1 cm³/mol. The lowest BCUT2D eigenvalue weighted by molar-refractivity contribution is 0.870. The molecule has 0 saturated carbocycles. The maximum atomic E-state index is 5.43. The molecule has 0 aliphatic carbocycles. The van der Waals surface area contributed by atoms with Gasteiger partial charge in [-0.2, -0.15) is 0 Å². The quantitative estimate of drug-likeness (QED) is 0.597. The van der Waals surface area contributed by atoms with E-state index in [2.05, 4.69) is 42.2 Å². The van der Waals surface area contributed by atoms with Gasteiger partial charge in [-0.3, -0.25) is 0 Å². The molecule has 0 aliphatic heterocycles. The van der Waals surface area contributed by atoms with E-state index in [4.69, 9.17) is 5.73 Å². The number of unbranched alkanes of at least 4 members (excludes halogenated alkanes) is 1. The normalized spacial score (nSPS) is 9.81. The zero-order valence-electron chi connectivity index (χ0n) is 9.24. The van der Waals surface area contributed by atoms with Crippen LogP contribution in [0.3, 0.4) is 0 Å². The van der Waals surface area contributed by atoms with Crippen LogP contribution in [0.15, 0.2) is 42.5 Å². The molecule has 0 atom stereocenters. The number of benzene rings is 2. The van der Waals surface area contributed by atoms with Crippen LogP contribution < -0.4 is 5.73 Å². The fraction of sp³-hybridized carbons (Fsp3) is 0.200. The Balaban J connectivity index is 2.32. The molecule has 1 nitrogen and oxygen atoms in total. The van der Waals surface area contributed by atoms with E-state index >= 15 is 0 Å². The first-order valence-corrected chi connectivity index (χ1v) is 5.58. The number of hydrogen-bond acceptors (Lipinski definition) is 1. The fourth-order valence-electron chi connectivity index (χ4n) is 1.68. The molecule has 0 unspecified atom stereocenters. The van der Waals surface area contributed by atoms with Gasteiger partial charge in [0.1, 0.15) is 0 Å². The Morgan fingerprint density at radius 3 is 2.69 bits per heavy atom. The highest BCUT2D eigenvalue weighted by Crippen LogP contribution is 2.17. The number of hydrogen-bond donors (Lipinski definition) is 1. The minimum Gasteiger partial charge on any atom is -0.330 e. The smallest absolute Gasteiger partial charge is 0.0323 e.